The van der Waals surface area contributed by atoms with E-state index in [1.165, 1.54) is 12.8 Å². The Morgan fingerprint density at radius 2 is 1.84 bits per heavy atom. The summed E-state index contributed by atoms with van der Waals surface area (Å²) in [5.41, 5.74) is 0. The molecule has 2 aliphatic rings. The van der Waals surface area contributed by atoms with Gasteiger partial charge in [0.25, 0.3) is 10.0 Å². The van der Waals surface area contributed by atoms with Crippen LogP contribution < -0.4 is 10.0 Å². The van der Waals surface area contributed by atoms with Crippen LogP contribution in [0.1, 0.15) is 44.3 Å². The molecule has 2 N–H and O–H groups in total. The van der Waals surface area contributed by atoms with Crippen molar-refractivity contribution in [2.24, 2.45) is 0 Å². The molecule has 0 saturated heterocycles. The Kier molecular flexibility index (Phi) is 3.64. The molecule has 1 heterocycles. The van der Waals surface area contributed by atoms with E-state index < -0.39 is 10.0 Å². The molecule has 0 unspecified atom stereocenters. The molecular formula is C13H20N2O3S. The summed E-state index contributed by atoms with van der Waals surface area (Å²) in [5.74, 6) is 0.679. The van der Waals surface area contributed by atoms with Gasteiger partial charge in [0.1, 0.15) is 5.76 Å². The second-order valence-electron chi connectivity index (χ2n) is 5.48. The third kappa shape index (κ3) is 3.38. The van der Waals surface area contributed by atoms with Gasteiger partial charge in [-0.2, -0.15) is 0 Å². The lowest BCUT2D eigenvalue weighted by Crippen LogP contribution is -2.32. The van der Waals surface area contributed by atoms with Crippen molar-refractivity contribution in [3.05, 3.63) is 17.9 Å². The quantitative estimate of drug-likeness (QED) is 0.835. The van der Waals surface area contributed by atoms with Gasteiger partial charge in [0, 0.05) is 12.1 Å². The molecule has 2 aliphatic carbocycles. The Morgan fingerprint density at radius 3 is 2.53 bits per heavy atom. The summed E-state index contributed by atoms with van der Waals surface area (Å²) in [6, 6.07) is 3.93. The lowest BCUT2D eigenvalue weighted by Gasteiger charge is -2.10. The van der Waals surface area contributed by atoms with Crippen LogP contribution in [0.3, 0.4) is 0 Å². The van der Waals surface area contributed by atoms with Crippen molar-refractivity contribution in [2.45, 2.75) is 62.2 Å². The third-order valence-corrected chi connectivity index (χ3v) is 5.11. The van der Waals surface area contributed by atoms with Gasteiger partial charge in [0.15, 0.2) is 0 Å². The van der Waals surface area contributed by atoms with Crippen molar-refractivity contribution in [3.63, 3.8) is 0 Å². The molecule has 19 heavy (non-hydrogen) atoms. The fourth-order valence-electron chi connectivity index (χ4n) is 2.45. The molecule has 5 nitrogen and oxygen atoms in total. The molecule has 3 rings (SSSR count). The molecule has 0 amide bonds. The standard InChI is InChI=1S/C13H20N2O3S/c16-19(17,15-11-3-1-2-4-11)13-8-7-12(18-13)9-14-10-5-6-10/h7-8,10-11,14-15H,1-6,9H2. The number of sulfonamides is 1. The zero-order valence-corrected chi connectivity index (χ0v) is 11.7. The summed E-state index contributed by atoms with van der Waals surface area (Å²) in [7, 11) is -3.49. The minimum absolute atomic E-state index is 0.0343. The zero-order chi connectivity index (χ0) is 13.3. The SMILES string of the molecule is O=S(=O)(NC1CCCC1)c1ccc(CNC2CC2)o1. The van der Waals surface area contributed by atoms with Crippen molar-refractivity contribution in [1.29, 1.82) is 0 Å². The first-order valence-electron chi connectivity index (χ1n) is 6.98. The predicted molar refractivity (Wildman–Crippen MR) is 71.1 cm³/mol. The Hall–Kier alpha value is -0.850. The summed E-state index contributed by atoms with van der Waals surface area (Å²) < 4.78 is 32.4. The maximum absolute atomic E-state index is 12.1. The van der Waals surface area contributed by atoms with E-state index in [-0.39, 0.29) is 11.1 Å². The van der Waals surface area contributed by atoms with Crippen molar-refractivity contribution in [1.82, 2.24) is 10.0 Å². The molecule has 0 radical (unpaired) electrons. The smallest absolute Gasteiger partial charge is 0.274 e. The monoisotopic (exact) mass is 284 g/mol. The summed E-state index contributed by atoms with van der Waals surface area (Å²) in [6.45, 7) is 0.601. The van der Waals surface area contributed by atoms with Crippen molar-refractivity contribution in [3.8, 4) is 0 Å². The molecule has 0 bridgehead atoms. The average molecular weight is 284 g/mol. The van der Waals surface area contributed by atoms with Gasteiger partial charge in [-0.3, -0.25) is 0 Å². The first kappa shape index (κ1) is 13.1. The number of rotatable bonds is 6. The van der Waals surface area contributed by atoms with Crippen LogP contribution in [-0.2, 0) is 16.6 Å². The van der Waals surface area contributed by atoms with Gasteiger partial charge < -0.3 is 9.73 Å². The zero-order valence-electron chi connectivity index (χ0n) is 10.9. The van der Waals surface area contributed by atoms with Gasteiger partial charge in [-0.25, -0.2) is 13.1 Å². The van der Waals surface area contributed by atoms with Gasteiger partial charge in [0.05, 0.1) is 6.54 Å². The molecule has 0 spiro atoms. The highest BCUT2D eigenvalue weighted by molar-refractivity contribution is 7.89. The van der Waals surface area contributed by atoms with Gasteiger partial charge in [-0.1, -0.05) is 12.8 Å². The normalized spacial score (nSPS) is 21.1. The van der Waals surface area contributed by atoms with Crippen LogP contribution in [0, 0.1) is 0 Å². The second kappa shape index (κ2) is 5.26. The van der Waals surface area contributed by atoms with Crippen molar-refractivity contribution in [2.75, 3.05) is 0 Å². The van der Waals surface area contributed by atoms with E-state index in [0.29, 0.717) is 18.3 Å². The summed E-state index contributed by atoms with van der Waals surface area (Å²) in [4.78, 5) is 0. The van der Waals surface area contributed by atoms with E-state index in [4.69, 9.17) is 4.42 Å². The van der Waals surface area contributed by atoms with Gasteiger partial charge in [-0.05, 0) is 37.8 Å². The van der Waals surface area contributed by atoms with Crippen LogP contribution in [-0.4, -0.2) is 20.5 Å². The lowest BCUT2D eigenvalue weighted by molar-refractivity contribution is 0.397. The Morgan fingerprint density at radius 1 is 1.11 bits per heavy atom. The van der Waals surface area contributed by atoms with E-state index in [1.54, 1.807) is 12.1 Å². The maximum Gasteiger partial charge on any atom is 0.274 e. The second-order valence-corrected chi connectivity index (χ2v) is 7.12. The fraction of sp³-hybridized carbons (Fsp3) is 0.692. The molecule has 0 aromatic carbocycles. The predicted octanol–water partition coefficient (Wildman–Crippen LogP) is 1.75. The minimum atomic E-state index is -3.49. The molecular weight excluding hydrogens is 264 g/mol. The van der Waals surface area contributed by atoms with Gasteiger partial charge >= 0.3 is 0 Å². The number of furan rings is 1. The maximum atomic E-state index is 12.1. The van der Waals surface area contributed by atoms with E-state index in [2.05, 4.69) is 10.0 Å². The van der Waals surface area contributed by atoms with Crippen LogP contribution in [0.2, 0.25) is 0 Å². The van der Waals surface area contributed by atoms with Crippen molar-refractivity contribution < 1.29 is 12.8 Å². The number of hydrogen-bond donors (Lipinski definition) is 2. The highest BCUT2D eigenvalue weighted by Gasteiger charge is 2.26. The first-order valence-corrected chi connectivity index (χ1v) is 8.46. The molecule has 1 aromatic heterocycles. The topological polar surface area (TPSA) is 71.3 Å². The van der Waals surface area contributed by atoms with E-state index in [0.717, 1.165) is 25.7 Å². The van der Waals surface area contributed by atoms with Crippen molar-refractivity contribution >= 4 is 10.0 Å². The fourth-order valence-corrected chi connectivity index (χ4v) is 3.71. The van der Waals surface area contributed by atoms with Crippen LogP contribution in [0.25, 0.3) is 0 Å². The Labute approximate surface area is 113 Å². The van der Waals surface area contributed by atoms with Crippen LogP contribution in [0.4, 0.5) is 0 Å². The van der Waals surface area contributed by atoms with E-state index in [9.17, 15) is 8.42 Å². The third-order valence-electron chi connectivity index (χ3n) is 3.72. The molecule has 2 fully saturated rings. The first-order chi connectivity index (χ1) is 9.13. The molecule has 6 heteroatoms. The minimum Gasteiger partial charge on any atom is -0.447 e. The summed E-state index contributed by atoms with van der Waals surface area (Å²) in [5, 5.41) is 3.34. The molecule has 0 atom stereocenters. The van der Waals surface area contributed by atoms with Gasteiger partial charge in [0.2, 0.25) is 5.09 Å². The Balaban J connectivity index is 1.62. The summed E-state index contributed by atoms with van der Waals surface area (Å²) >= 11 is 0. The highest BCUT2D eigenvalue weighted by Crippen LogP contribution is 2.22. The largest absolute Gasteiger partial charge is 0.447 e. The summed E-state index contributed by atoms with van der Waals surface area (Å²) in [6.07, 6.45) is 6.46. The molecule has 0 aliphatic heterocycles. The van der Waals surface area contributed by atoms with Crippen LogP contribution in [0.5, 0.6) is 0 Å². The van der Waals surface area contributed by atoms with Crippen LogP contribution >= 0.6 is 0 Å². The molecule has 2 saturated carbocycles. The Bertz CT molecular complexity index is 528. The number of nitrogens with one attached hydrogen (secondary N) is 2. The van der Waals surface area contributed by atoms with Gasteiger partial charge in [-0.15, -0.1) is 0 Å². The number of hydrogen-bond acceptors (Lipinski definition) is 4. The van der Waals surface area contributed by atoms with E-state index >= 15 is 0 Å². The lowest BCUT2D eigenvalue weighted by atomic mass is 10.3. The van der Waals surface area contributed by atoms with Crippen LogP contribution in [0.15, 0.2) is 21.6 Å². The average Bonchev–Trinajstić information content (AvgIpc) is 2.87. The highest BCUT2D eigenvalue weighted by atomic mass is 32.2. The van der Waals surface area contributed by atoms with E-state index in [1.807, 2.05) is 0 Å². The molecule has 1 aromatic rings. The molecule has 106 valence electrons.